The van der Waals surface area contributed by atoms with Crippen LogP contribution in [0.4, 0.5) is 11.8 Å². The van der Waals surface area contributed by atoms with Gasteiger partial charge < -0.3 is 15.5 Å². The zero-order chi connectivity index (χ0) is 21.8. The lowest BCUT2D eigenvalue weighted by molar-refractivity contribution is 0.410. The Hall–Kier alpha value is -2.14. The van der Waals surface area contributed by atoms with E-state index < -0.39 is 0 Å². The molecular formula is C27H39N5. The molecule has 0 amide bonds. The van der Waals surface area contributed by atoms with Crippen LogP contribution in [0.5, 0.6) is 0 Å². The fourth-order valence-corrected chi connectivity index (χ4v) is 5.74. The van der Waals surface area contributed by atoms with Crippen molar-refractivity contribution in [2.45, 2.75) is 103 Å². The van der Waals surface area contributed by atoms with Gasteiger partial charge in [0.2, 0.25) is 5.95 Å². The van der Waals surface area contributed by atoms with E-state index in [0.717, 1.165) is 37.8 Å². The summed E-state index contributed by atoms with van der Waals surface area (Å²) in [5, 5.41) is 7.22. The standard InChI is InChI=1S/C27H39N5/c1-2-3-15-28-27-30-18-25-24-14-13-20(17-29-22-9-7-8-10-22)16-21(24)19-32(26(25)31-27)23-11-5-4-6-12-23/h13-14,16,18,22-23,29H,2-12,15,17,19H2,1H3,(H,28,30,31). The number of hydrogen-bond acceptors (Lipinski definition) is 5. The monoisotopic (exact) mass is 433 g/mol. The first kappa shape index (κ1) is 21.7. The van der Waals surface area contributed by atoms with Crippen molar-refractivity contribution in [3.63, 3.8) is 0 Å². The highest BCUT2D eigenvalue weighted by molar-refractivity contribution is 5.81. The highest BCUT2D eigenvalue weighted by Gasteiger charge is 2.30. The molecule has 2 aromatic rings. The highest BCUT2D eigenvalue weighted by atomic mass is 15.3. The van der Waals surface area contributed by atoms with Gasteiger partial charge in [-0.1, -0.05) is 63.6 Å². The van der Waals surface area contributed by atoms with E-state index in [1.165, 1.54) is 86.5 Å². The summed E-state index contributed by atoms with van der Waals surface area (Å²) in [4.78, 5) is 12.3. The smallest absolute Gasteiger partial charge is 0.224 e. The maximum Gasteiger partial charge on any atom is 0.224 e. The van der Waals surface area contributed by atoms with E-state index in [0.29, 0.717) is 12.1 Å². The Kier molecular flexibility index (Phi) is 6.92. The summed E-state index contributed by atoms with van der Waals surface area (Å²) in [6, 6.07) is 8.34. The molecule has 1 aromatic heterocycles. The number of fused-ring (bicyclic) bond motifs is 3. The topological polar surface area (TPSA) is 53.1 Å². The lowest BCUT2D eigenvalue weighted by Gasteiger charge is -2.39. The molecule has 5 nitrogen and oxygen atoms in total. The number of nitrogens with one attached hydrogen (secondary N) is 2. The van der Waals surface area contributed by atoms with E-state index in [2.05, 4.69) is 46.9 Å². The van der Waals surface area contributed by atoms with E-state index >= 15 is 0 Å². The Balaban J connectivity index is 1.42. The molecule has 2 saturated carbocycles. The molecular weight excluding hydrogens is 394 g/mol. The molecule has 0 saturated heterocycles. The SMILES string of the molecule is CCCCNc1ncc2c(n1)N(C1CCCCC1)Cc1cc(CNC3CCCC3)ccc1-2. The van der Waals surface area contributed by atoms with Crippen LogP contribution in [0, 0.1) is 0 Å². The Bertz CT molecular complexity index is 899. The van der Waals surface area contributed by atoms with Gasteiger partial charge in [0, 0.05) is 43.5 Å². The molecule has 0 spiro atoms. The van der Waals surface area contributed by atoms with Gasteiger partial charge >= 0.3 is 0 Å². The van der Waals surface area contributed by atoms with Crippen molar-refractivity contribution in [2.24, 2.45) is 0 Å². The van der Waals surface area contributed by atoms with Crippen LogP contribution < -0.4 is 15.5 Å². The van der Waals surface area contributed by atoms with E-state index in [4.69, 9.17) is 9.97 Å². The number of hydrogen-bond donors (Lipinski definition) is 2. The minimum atomic E-state index is 0.592. The molecule has 32 heavy (non-hydrogen) atoms. The van der Waals surface area contributed by atoms with Crippen molar-refractivity contribution in [1.82, 2.24) is 15.3 Å². The molecule has 0 atom stereocenters. The molecule has 5 rings (SSSR count). The number of benzene rings is 1. The molecule has 1 aliphatic heterocycles. The van der Waals surface area contributed by atoms with Gasteiger partial charge in [-0.3, -0.25) is 0 Å². The van der Waals surface area contributed by atoms with Crippen LogP contribution in [0.25, 0.3) is 11.1 Å². The summed E-state index contributed by atoms with van der Waals surface area (Å²) in [7, 11) is 0. The first-order chi connectivity index (χ1) is 15.8. The summed E-state index contributed by atoms with van der Waals surface area (Å²) in [6.07, 6.45) is 16.4. The van der Waals surface area contributed by atoms with E-state index in [1.807, 2.05) is 0 Å². The van der Waals surface area contributed by atoms with E-state index in [1.54, 1.807) is 0 Å². The number of aromatic nitrogens is 2. The van der Waals surface area contributed by atoms with Crippen molar-refractivity contribution in [3.8, 4) is 11.1 Å². The maximum absolute atomic E-state index is 5.04. The molecule has 2 N–H and O–H groups in total. The lowest BCUT2D eigenvalue weighted by Crippen LogP contribution is -2.39. The predicted molar refractivity (Wildman–Crippen MR) is 133 cm³/mol. The lowest BCUT2D eigenvalue weighted by atomic mass is 9.89. The van der Waals surface area contributed by atoms with Crippen molar-refractivity contribution in [2.75, 3.05) is 16.8 Å². The van der Waals surface area contributed by atoms with Crippen molar-refractivity contribution in [3.05, 3.63) is 35.5 Å². The van der Waals surface area contributed by atoms with Crippen LogP contribution in [-0.2, 0) is 13.1 Å². The molecule has 2 heterocycles. The molecule has 2 fully saturated rings. The average molecular weight is 434 g/mol. The number of anilines is 2. The van der Waals surface area contributed by atoms with Crippen LogP contribution >= 0.6 is 0 Å². The normalized spacial score (nSPS) is 19.1. The van der Waals surface area contributed by atoms with Crippen LogP contribution in [0.1, 0.15) is 88.7 Å². The Labute approximate surface area is 193 Å². The second kappa shape index (κ2) is 10.2. The van der Waals surface area contributed by atoms with Gasteiger partial charge in [0.25, 0.3) is 0 Å². The van der Waals surface area contributed by atoms with Crippen LogP contribution in [-0.4, -0.2) is 28.6 Å². The minimum absolute atomic E-state index is 0.592. The Morgan fingerprint density at radius 2 is 1.81 bits per heavy atom. The largest absolute Gasteiger partial charge is 0.354 e. The minimum Gasteiger partial charge on any atom is -0.354 e. The van der Waals surface area contributed by atoms with Gasteiger partial charge in [-0.2, -0.15) is 4.98 Å². The van der Waals surface area contributed by atoms with E-state index in [-0.39, 0.29) is 0 Å². The van der Waals surface area contributed by atoms with Gasteiger partial charge in [0.15, 0.2) is 0 Å². The second-order valence-corrected chi connectivity index (χ2v) is 9.98. The third-order valence-corrected chi connectivity index (χ3v) is 7.62. The first-order valence-electron chi connectivity index (χ1n) is 13.0. The number of nitrogens with zero attached hydrogens (tertiary/aromatic N) is 3. The zero-order valence-corrected chi connectivity index (χ0v) is 19.7. The van der Waals surface area contributed by atoms with Gasteiger partial charge in [-0.15, -0.1) is 0 Å². The molecule has 172 valence electrons. The summed E-state index contributed by atoms with van der Waals surface area (Å²) < 4.78 is 0. The number of rotatable bonds is 8. The van der Waals surface area contributed by atoms with Gasteiger partial charge in [-0.25, -0.2) is 4.98 Å². The number of unbranched alkanes of at least 4 members (excludes halogenated alkanes) is 1. The van der Waals surface area contributed by atoms with Crippen molar-refractivity contribution < 1.29 is 0 Å². The highest BCUT2D eigenvalue weighted by Crippen LogP contribution is 2.41. The van der Waals surface area contributed by atoms with Gasteiger partial charge in [0.05, 0.1) is 0 Å². The molecule has 0 bridgehead atoms. The molecule has 1 aromatic carbocycles. The second-order valence-electron chi connectivity index (χ2n) is 9.98. The molecule has 5 heteroatoms. The molecule has 0 unspecified atom stereocenters. The summed E-state index contributed by atoms with van der Waals surface area (Å²) in [6.45, 7) is 5.10. The van der Waals surface area contributed by atoms with Crippen LogP contribution in [0.3, 0.4) is 0 Å². The third kappa shape index (κ3) is 4.78. The molecule has 0 radical (unpaired) electrons. The maximum atomic E-state index is 5.04. The Morgan fingerprint density at radius 1 is 1.00 bits per heavy atom. The van der Waals surface area contributed by atoms with E-state index in [9.17, 15) is 0 Å². The van der Waals surface area contributed by atoms with Crippen LogP contribution in [0.2, 0.25) is 0 Å². The Morgan fingerprint density at radius 3 is 2.62 bits per heavy atom. The predicted octanol–water partition coefficient (Wildman–Crippen LogP) is 6.04. The van der Waals surface area contributed by atoms with Crippen LogP contribution in [0.15, 0.2) is 24.4 Å². The average Bonchev–Trinajstić information content (AvgIpc) is 3.36. The zero-order valence-electron chi connectivity index (χ0n) is 19.7. The van der Waals surface area contributed by atoms with Crippen molar-refractivity contribution >= 4 is 11.8 Å². The summed E-state index contributed by atoms with van der Waals surface area (Å²) >= 11 is 0. The summed E-state index contributed by atoms with van der Waals surface area (Å²) in [5.74, 6) is 1.91. The molecule has 3 aliphatic rings. The first-order valence-corrected chi connectivity index (χ1v) is 13.0. The van der Waals surface area contributed by atoms with Gasteiger partial charge in [-0.05, 0) is 48.8 Å². The third-order valence-electron chi connectivity index (χ3n) is 7.62. The summed E-state index contributed by atoms with van der Waals surface area (Å²) in [5.41, 5.74) is 5.36. The fraction of sp³-hybridized carbons (Fsp3) is 0.630. The molecule has 2 aliphatic carbocycles. The van der Waals surface area contributed by atoms with Gasteiger partial charge in [0.1, 0.15) is 5.82 Å². The van der Waals surface area contributed by atoms with Crippen molar-refractivity contribution in [1.29, 1.82) is 0 Å². The quantitative estimate of drug-likeness (QED) is 0.497. The fourth-order valence-electron chi connectivity index (χ4n) is 5.74.